The molecule has 2 aromatic carbocycles. The minimum Gasteiger partial charge on any atom is -0.489 e. The van der Waals surface area contributed by atoms with Gasteiger partial charge in [0.15, 0.2) is 0 Å². The van der Waals surface area contributed by atoms with Gasteiger partial charge in [-0.2, -0.15) is 0 Å². The molecule has 1 N–H and O–H groups in total. The van der Waals surface area contributed by atoms with E-state index < -0.39 is 0 Å². The molecule has 1 heterocycles. The first kappa shape index (κ1) is 18.0. The molecule has 0 radical (unpaired) electrons. The molecule has 5 heteroatoms. The Morgan fingerprint density at radius 1 is 0.917 bits per heavy atom. The first-order valence-electron chi connectivity index (χ1n) is 7.49. The molecule has 0 aliphatic rings. The van der Waals surface area contributed by atoms with Crippen LogP contribution in [-0.2, 0) is 19.7 Å². The average molecular weight is 348 g/mol. The van der Waals surface area contributed by atoms with Gasteiger partial charge in [-0.25, -0.2) is 4.39 Å². The number of hydrogen-bond donors (Lipinski definition) is 1. The van der Waals surface area contributed by atoms with Crippen molar-refractivity contribution in [2.75, 3.05) is 0 Å². The summed E-state index contributed by atoms with van der Waals surface area (Å²) in [4.78, 5) is 0. The summed E-state index contributed by atoms with van der Waals surface area (Å²) in [7, 11) is 0. The quantitative estimate of drug-likeness (QED) is 0.672. The zero-order valence-electron chi connectivity index (χ0n) is 13.1. The Morgan fingerprint density at radius 2 is 1.71 bits per heavy atom. The van der Waals surface area contributed by atoms with Gasteiger partial charge >= 0.3 is 0 Å². The molecular formula is C19H19ClFNO2. The van der Waals surface area contributed by atoms with E-state index in [0.717, 1.165) is 22.6 Å². The van der Waals surface area contributed by atoms with E-state index in [1.807, 2.05) is 36.4 Å². The molecule has 0 atom stereocenters. The number of rotatable bonds is 7. The summed E-state index contributed by atoms with van der Waals surface area (Å²) in [6.07, 6.45) is 1.66. The topological polar surface area (TPSA) is 34.4 Å². The highest BCUT2D eigenvalue weighted by Crippen LogP contribution is 2.19. The summed E-state index contributed by atoms with van der Waals surface area (Å²) < 4.78 is 24.1. The summed E-state index contributed by atoms with van der Waals surface area (Å²) in [6.45, 7) is 1.76. The molecule has 0 bridgehead atoms. The van der Waals surface area contributed by atoms with Crippen LogP contribution in [0.1, 0.15) is 16.9 Å². The molecule has 0 aliphatic heterocycles. The summed E-state index contributed by atoms with van der Waals surface area (Å²) in [5.41, 5.74) is 2.01. The first-order valence-corrected chi connectivity index (χ1v) is 7.49. The van der Waals surface area contributed by atoms with Crippen LogP contribution < -0.4 is 10.1 Å². The van der Waals surface area contributed by atoms with Crippen LogP contribution in [0.15, 0.2) is 71.3 Å². The van der Waals surface area contributed by atoms with Crippen LogP contribution in [0.4, 0.5) is 4.39 Å². The second kappa shape index (κ2) is 9.11. The van der Waals surface area contributed by atoms with Crippen LogP contribution in [0.2, 0.25) is 0 Å². The molecule has 0 aliphatic carbocycles. The van der Waals surface area contributed by atoms with Crippen LogP contribution >= 0.6 is 12.4 Å². The van der Waals surface area contributed by atoms with E-state index in [9.17, 15) is 4.39 Å². The Labute approximate surface area is 146 Å². The number of benzene rings is 2. The van der Waals surface area contributed by atoms with Crippen LogP contribution in [0.25, 0.3) is 0 Å². The lowest BCUT2D eigenvalue weighted by atomic mass is 10.2. The van der Waals surface area contributed by atoms with Gasteiger partial charge in [0.2, 0.25) is 0 Å². The SMILES string of the molecule is Cl.Fc1ccc(COc2ccccc2CNCc2ccco2)cc1. The minimum atomic E-state index is -0.240. The van der Waals surface area contributed by atoms with Crippen molar-refractivity contribution in [3.63, 3.8) is 0 Å². The highest BCUT2D eigenvalue weighted by molar-refractivity contribution is 5.85. The number of hydrogen-bond acceptors (Lipinski definition) is 3. The molecule has 3 nitrogen and oxygen atoms in total. The number of furan rings is 1. The van der Waals surface area contributed by atoms with Crippen LogP contribution in [0.5, 0.6) is 5.75 Å². The lowest BCUT2D eigenvalue weighted by Crippen LogP contribution is -2.13. The molecule has 0 unspecified atom stereocenters. The Bertz CT molecular complexity index is 729. The van der Waals surface area contributed by atoms with Gasteiger partial charge in [-0.15, -0.1) is 12.4 Å². The smallest absolute Gasteiger partial charge is 0.124 e. The summed E-state index contributed by atoms with van der Waals surface area (Å²) in [5.74, 6) is 1.48. The zero-order chi connectivity index (χ0) is 15.9. The van der Waals surface area contributed by atoms with Gasteiger partial charge in [-0.3, -0.25) is 0 Å². The maximum absolute atomic E-state index is 12.9. The first-order chi connectivity index (χ1) is 11.3. The highest BCUT2D eigenvalue weighted by atomic mass is 35.5. The van der Waals surface area contributed by atoms with Crippen molar-refractivity contribution in [3.05, 3.63) is 89.6 Å². The van der Waals surface area contributed by atoms with Crippen molar-refractivity contribution in [2.45, 2.75) is 19.7 Å². The van der Waals surface area contributed by atoms with Crippen molar-refractivity contribution in [1.82, 2.24) is 5.32 Å². The molecule has 24 heavy (non-hydrogen) atoms. The van der Waals surface area contributed by atoms with Crippen LogP contribution in [0.3, 0.4) is 0 Å². The molecule has 0 amide bonds. The molecule has 0 fully saturated rings. The lowest BCUT2D eigenvalue weighted by molar-refractivity contribution is 0.301. The molecule has 126 valence electrons. The second-order valence-corrected chi connectivity index (χ2v) is 5.21. The van der Waals surface area contributed by atoms with Gasteiger partial charge in [0.05, 0.1) is 12.8 Å². The highest BCUT2D eigenvalue weighted by Gasteiger charge is 2.04. The number of ether oxygens (including phenoxy) is 1. The molecule has 3 aromatic rings. The summed E-state index contributed by atoms with van der Waals surface area (Å²) in [5, 5.41) is 3.33. The van der Waals surface area contributed by atoms with Crippen LogP contribution in [-0.4, -0.2) is 0 Å². The van der Waals surface area contributed by atoms with Gasteiger partial charge in [-0.1, -0.05) is 30.3 Å². The van der Waals surface area contributed by atoms with E-state index in [4.69, 9.17) is 9.15 Å². The van der Waals surface area contributed by atoms with E-state index in [2.05, 4.69) is 5.32 Å². The maximum atomic E-state index is 12.9. The lowest BCUT2D eigenvalue weighted by Gasteiger charge is -2.12. The summed E-state index contributed by atoms with van der Waals surface area (Å²) in [6, 6.07) is 18.0. The molecule has 0 spiro atoms. The molecular weight excluding hydrogens is 329 g/mol. The molecule has 3 rings (SSSR count). The summed E-state index contributed by atoms with van der Waals surface area (Å²) >= 11 is 0. The van der Waals surface area contributed by atoms with Gasteiger partial charge in [0, 0.05) is 12.1 Å². The van der Waals surface area contributed by atoms with Gasteiger partial charge < -0.3 is 14.5 Å². The Balaban J connectivity index is 0.00000208. The van der Waals surface area contributed by atoms with E-state index in [1.165, 1.54) is 12.1 Å². The normalized spacial score (nSPS) is 10.2. The third-order valence-corrected chi connectivity index (χ3v) is 3.47. The second-order valence-electron chi connectivity index (χ2n) is 5.21. The average Bonchev–Trinajstić information content (AvgIpc) is 3.09. The van der Waals surface area contributed by atoms with E-state index in [-0.39, 0.29) is 18.2 Å². The van der Waals surface area contributed by atoms with Gasteiger partial charge in [-0.05, 0) is 35.9 Å². The third-order valence-electron chi connectivity index (χ3n) is 3.47. The third kappa shape index (κ3) is 5.11. The minimum absolute atomic E-state index is 0. The van der Waals surface area contributed by atoms with Gasteiger partial charge in [0.1, 0.15) is 23.9 Å². The maximum Gasteiger partial charge on any atom is 0.124 e. The van der Waals surface area contributed by atoms with Crippen molar-refractivity contribution < 1.29 is 13.5 Å². The van der Waals surface area contributed by atoms with E-state index in [1.54, 1.807) is 18.4 Å². The number of para-hydroxylation sites is 1. The zero-order valence-corrected chi connectivity index (χ0v) is 13.9. The Kier molecular flexibility index (Phi) is 6.85. The Morgan fingerprint density at radius 3 is 2.46 bits per heavy atom. The molecule has 0 saturated heterocycles. The van der Waals surface area contributed by atoms with Crippen molar-refractivity contribution in [3.8, 4) is 5.75 Å². The standard InChI is InChI=1S/C19H18FNO2.ClH/c20-17-9-7-15(8-10-17)14-23-19-6-2-1-4-16(19)12-21-13-18-5-3-11-22-18;/h1-11,21H,12-14H2;1H. The van der Waals surface area contributed by atoms with Gasteiger partial charge in [0.25, 0.3) is 0 Å². The number of nitrogens with one attached hydrogen (secondary N) is 1. The van der Waals surface area contributed by atoms with E-state index >= 15 is 0 Å². The fourth-order valence-corrected chi connectivity index (χ4v) is 2.27. The predicted molar refractivity (Wildman–Crippen MR) is 93.7 cm³/mol. The van der Waals surface area contributed by atoms with Crippen molar-refractivity contribution in [2.24, 2.45) is 0 Å². The van der Waals surface area contributed by atoms with Crippen molar-refractivity contribution >= 4 is 12.4 Å². The number of halogens is 2. The van der Waals surface area contributed by atoms with Crippen LogP contribution in [0, 0.1) is 5.82 Å². The van der Waals surface area contributed by atoms with Crippen molar-refractivity contribution in [1.29, 1.82) is 0 Å². The predicted octanol–water partition coefficient (Wildman–Crippen LogP) is 4.71. The fourth-order valence-electron chi connectivity index (χ4n) is 2.27. The molecule has 1 aromatic heterocycles. The molecule has 0 saturated carbocycles. The largest absolute Gasteiger partial charge is 0.489 e. The van der Waals surface area contributed by atoms with E-state index in [0.29, 0.717) is 19.7 Å². The Hall–Kier alpha value is -2.30. The fraction of sp³-hybridized carbons (Fsp3) is 0.158. The monoisotopic (exact) mass is 347 g/mol.